The zero-order chi connectivity index (χ0) is 14.9. The molecule has 110 valence electrons. The molecule has 2 rings (SSSR count). The number of aryl methyl sites for hydroxylation is 2. The topological polar surface area (TPSA) is 100 Å². The first-order valence-corrected chi connectivity index (χ1v) is 8.10. The molecule has 0 amide bonds. The number of carboxylic acids is 1. The summed E-state index contributed by atoms with van der Waals surface area (Å²) in [6, 6.07) is 1.20. The lowest BCUT2D eigenvalue weighted by atomic mass is 10.2. The smallest absolute Gasteiger partial charge is 0.305 e. The van der Waals surface area contributed by atoms with Crippen LogP contribution < -0.4 is 4.90 Å². The van der Waals surface area contributed by atoms with E-state index in [4.69, 9.17) is 5.11 Å². The van der Waals surface area contributed by atoms with Gasteiger partial charge in [0.25, 0.3) is 0 Å². The Kier molecular flexibility index (Phi) is 3.94. The standard InChI is InChI=1S/C12H17N3O4S/c1-8-5-9(2)14-12(13-8)15-3-4-20(18,19)7-10(15)6-11(16)17/h5,10H,3-4,6-7H2,1-2H3,(H,16,17). The maximum Gasteiger partial charge on any atom is 0.305 e. The first kappa shape index (κ1) is 14.7. The molecule has 0 spiro atoms. The van der Waals surface area contributed by atoms with Gasteiger partial charge in [0, 0.05) is 17.9 Å². The SMILES string of the molecule is Cc1cc(C)nc(N2CCS(=O)(=O)CC2CC(=O)O)n1. The Morgan fingerprint density at radius 1 is 1.40 bits per heavy atom. The van der Waals surface area contributed by atoms with Crippen molar-refractivity contribution in [3.8, 4) is 0 Å². The lowest BCUT2D eigenvalue weighted by molar-refractivity contribution is -0.137. The molecule has 1 atom stereocenters. The minimum absolute atomic E-state index is 0.000527. The van der Waals surface area contributed by atoms with Crippen molar-refractivity contribution in [1.82, 2.24) is 9.97 Å². The average molecular weight is 299 g/mol. The highest BCUT2D eigenvalue weighted by Crippen LogP contribution is 2.21. The number of rotatable bonds is 3. The molecule has 1 aromatic rings. The third-order valence-electron chi connectivity index (χ3n) is 3.17. The molecule has 0 radical (unpaired) electrons. The van der Waals surface area contributed by atoms with Crippen LogP contribution in [0.25, 0.3) is 0 Å². The van der Waals surface area contributed by atoms with Gasteiger partial charge in [0.05, 0.1) is 24.0 Å². The zero-order valence-electron chi connectivity index (χ0n) is 11.4. The van der Waals surface area contributed by atoms with E-state index in [1.54, 1.807) is 4.90 Å². The maximum atomic E-state index is 11.7. The van der Waals surface area contributed by atoms with Crippen molar-refractivity contribution in [2.24, 2.45) is 0 Å². The van der Waals surface area contributed by atoms with Crippen LogP contribution in [-0.4, -0.2) is 53.6 Å². The van der Waals surface area contributed by atoms with Crippen molar-refractivity contribution < 1.29 is 18.3 Å². The van der Waals surface area contributed by atoms with Gasteiger partial charge < -0.3 is 10.0 Å². The normalized spacial score (nSPS) is 21.7. The van der Waals surface area contributed by atoms with Crippen LogP contribution in [-0.2, 0) is 14.6 Å². The summed E-state index contributed by atoms with van der Waals surface area (Å²) in [6.07, 6.45) is -0.240. The molecule has 1 aliphatic rings. The van der Waals surface area contributed by atoms with Gasteiger partial charge in [0.2, 0.25) is 5.95 Å². The lowest BCUT2D eigenvalue weighted by Crippen LogP contribution is -2.50. The first-order chi connectivity index (χ1) is 9.27. The van der Waals surface area contributed by atoms with Gasteiger partial charge in [0.1, 0.15) is 0 Å². The van der Waals surface area contributed by atoms with Crippen LogP contribution in [0, 0.1) is 13.8 Å². The molecule has 1 N–H and O–H groups in total. The van der Waals surface area contributed by atoms with Gasteiger partial charge in [-0.2, -0.15) is 0 Å². The molecule has 1 aliphatic heterocycles. The molecule has 2 heterocycles. The Balaban J connectivity index is 2.34. The highest BCUT2D eigenvalue weighted by molar-refractivity contribution is 7.91. The summed E-state index contributed by atoms with van der Waals surface area (Å²) in [5, 5.41) is 8.95. The third kappa shape index (κ3) is 3.44. The number of carbonyl (C=O) groups is 1. The van der Waals surface area contributed by atoms with Gasteiger partial charge in [-0.1, -0.05) is 0 Å². The number of anilines is 1. The number of carboxylic acid groups (broad SMARTS) is 1. The third-order valence-corrected chi connectivity index (χ3v) is 4.87. The lowest BCUT2D eigenvalue weighted by Gasteiger charge is -2.34. The average Bonchev–Trinajstić information content (AvgIpc) is 2.25. The fraction of sp³-hybridized carbons (Fsp3) is 0.583. The van der Waals surface area contributed by atoms with E-state index in [1.165, 1.54) is 0 Å². The highest BCUT2D eigenvalue weighted by Gasteiger charge is 2.34. The van der Waals surface area contributed by atoms with E-state index >= 15 is 0 Å². The monoisotopic (exact) mass is 299 g/mol. The number of hydrogen-bond acceptors (Lipinski definition) is 6. The van der Waals surface area contributed by atoms with Gasteiger partial charge in [-0.3, -0.25) is 4.79 Å². The summed E-state index contributed by atoms with van der Waals surface area (Å²) >= 11 is 0. The van der Waals surface area contributed by atoms with E-state index in [0.717, 1.165) is 11.4 Å². The van der Waals surface area contributed by atoms with Crippen LogP contribution in [0.15, 0.2) is 6.07 Å². The molecular formula is C12H17N3O4S. The van der Waals surface area contributed by atoms with E-state index < -0.39 is 21.8 Å². The minimum atomic E-state index is -3.20. The predicted octanol–water partition coefficient (Wildman–Crippen LogP) is 0.172. The molecule has 7 nitrogen and oxygen atoms in total. The second kappa shape index (κ2) is 5.35. The second-order valence-corrected chi connectivity index (χ2v) is 7.24. The molecule has 0 aromatic carbocycles. The molecular weight excluding hydrogens is 282 g/mol. The van der Waals surface area contributed by atoms with Crippen molar-refractivity contribution in [2.45, 2.75) is 26.3 Å². The molecule has 0 aliphatic carbocycles. The summed E-state index contributed by atoms with van der Waals surface area (Å²) < 4.78 is 23.4. The Morgan fingerprint density at radius 3 is 2.55 bits per heavy atom. The van der Waals surface area contributed by atoms with Crippen LogP contribution >= 0.6 is 0 Å². The number of aliphatic carboxylic acids is 1. The van der Waals surface area contributed by atoms with Gasteiger partial charge in [-0.05, 0) is 19.9 Å². The highest BCUT2D eigenvalue weighted by atomic mass is 32.2. The Bertz CT molecular complexity index is 609. The maximum absolute atomic E-state index is 11.7. The van der Waals surface area contributed by atoms with Crippen LogP contribution in [0.4, 0.5) is 5.95 Å². The molecule has 1 saturated heterocycles. The molecule has 1 unspecified atom stereocenters. The minimum Gasteiger partial charge on any atom is -0.481 e. The molecule has 0 bridgehead atoms. The van der Waals surface area contributed by atoms with Gasteiger partial charge in [-0.25, -0.2) is 18.4 Å². The number of hydrogen-bond donors (Lipinski definition) is 1. The van der Waals surface area contributed by atoms with Crippen molar-refractivity contribution in [2.75, 3.05) is 23.0 Å². The van der Waals surface area contributed by atoms with E-state index in [2.05, 4.69) is 9.97 Å². The molecule has 1 aromatic heterocycles. The van der Waals surface area contributed by atoms with Crippen LogP contribution in [0.2, 0.25) is 0 Å². The Morgan fingerprint density at radius 2 is 2.00 bits per heavy atom. The molecule has 20 heavy (non-hydrogen) atoms. The summed E-state index contributed by atoms with van der Waals surface area (Å²) in [7, 11) is -3.20. The van der Waals surface area contributed by atoms with Crippen LogP contribution in [0.3, 0.4) is 0 Å². The van der Waals surface area contributed by atoms with E-state index in [1.807, 2.05) is 19.9 Å². The van der Waals surface area contributed by atoms with Gasteiger partial charge >= 0.3 is 5.97 Å². The Hall–Kier alpha value is -1.70. The zero-order valence-corrected chi connectivity index (χ0v) is 12.2. The summed E-state index contributed by atoms with van der Waals surface area (Å²) in [4.78, 5) is 21.2. The van der Waals surface area contributed by atoms with Crippen LogP contribution in [0.5, 0.6) is 0 Å². The van der Waals surface area contributed by atoms with E-state index in [0.29, 0.717) is 5.95 Å². The van der Waals surface area contributed by atoms with Crippen molar-refractivity contribution in [1.29, 1.82) is 0 Å². The fourth-order valence-electron chi connectivity index (χ4n) is 2.36. The summed E-state index contributed by atoms with van der Waals surface area (Å²) in [5.74, 6) is -0.792. The van der Waals surface area contributed by atoms with E-state index in [9.17, 15) is 13.2 Å². The quantitative estimate of drug-likeness (QED) is 0.849. The summed E-state index contributed by atoms with van der Waals surface area (Å²) in [6.45, 7) is 3.87. The number of nitrogens with zero attached hydrogens (tertiary/aromatic N) is 3. The Labute approximate surface area is 117 Å². The number of aromatic nitrogens is 2. The summed E-state index contributed by atoms with van der Waals surface area (Å²) in [5.41, 5.74) is 1.55. The fourth-order valence-corrected chi connectivity index (χ4v) is 3.88. The second-order valence-electron chi connectivity index (χ2n) is 5.01. The number of sulfone groups is 1. The first-order valence-electron chi connectivity index (χ1n) is 6.28. The molecule has 1 fully saturated rings. The largest absolute Gasteiger partial charge is 0.481 e. The van der Waals surface area contributed by atoms with Crippen molar-refractivity contribution in [3.63, 3.8) is 0 Å². The predicted molar refractivity (Wildman–Crippen MR) is 73.5 cm³/mol. The molecule has 0 saturated carbocycles. The van der Waals surface area contributed by atoms with Gasteiger partial charge in [0.15, 0.2) is 9.84 Å². The van der Waals surface area contributed by atoms with Crippen LogP contribution in [0.1, 0.15) is 17.8 Å². The van der Waals surface area contributed by atoms with Gasteiger partial charge in [-0.15, -0.1) is 0 Å². The van der Waals surface area contributed by atoms with Crippen molar-refractivity contribution >= 4 is 21.8 Å². The molecule has 8 heteroatoms. The van der Waals surface area contributed by atoms with Crippen molar-refractivity contribution in [3.05, 3.63) is 17.5 Å². The van der Waals surface area contributed by atoms with E-state index in [-0.39, 0.29) is 24.5 Å².